The number of piperazine rings is 1. The van der Waals surface area contributed by atoms with Gasteiger partial charge in [-0.2, -0.15) is 13.2 Å². The molecule has 0 radical (unpaired) electrons. The van der Waals surface area contributed by atoms with Crippen LogP contribution in [0, 0.1) is 0 Å². The lowest BCUT2D eigenvalue weighted by Gasteiger charge is -2.36. The fourth-order valence-electron chi connectivity index (χ4n) is 4.37. The van der Waals surface area contributed by atoms with Crippen molar-refractivity contribution in [3.05, 3.63) is 54.0 Å². The second kappa shape index (κ2) is 12.1. The van der Waals surface area contributed by atoms with Gasteiger partial charge in [-0.3, -0.25) is 9.78 Å². The van der Waals surface area contributed by atoms with Crippen molar-refractivity contribution in [3.8, 4) is 22.5 Å². The maximum Gasteiger partial charge on any atom is 0.490 e. The molecule has 3 aromatic rings. The predicted molar refractivity (Wildman–Crippen MR) is 147 cm³/mol. The molecule has 3 aromatic heterocycles. The number of carboxylic acids is 1. The summed E-state index contributed by atoms with van der Waals surface area (Å²) in [4.78, 5) is 49.8. The molecular weight excluding hydrogens is 557 g/mol. The molecule has 42 heavy (non-hydrogen) atoms. The molecule has 0 aromatic carbocycles. The fourth-order valence-corrected chi connectivity index (χ4v) is 4.37. The zero-order valence-electron chi connectivity index (χ0n) is 23.3. The fraction of sp³-hybridized carbons (Fsp3) is 0.393. The number of carbonyl (C=O) groups is 3. The van der Waals surface area contributed by atoms with Crippen molar-refractivity contribution in [2.24, 2.45) is 0 Å². The lowest BCUT2D eigenvalue weighted by molar-refractivity contribution is -0.192. The van der Waals surface area contributed by atoms with Crippen LogP contribution in [0.3, 0.4) is 0 Å². The number of hydrogen-bond donors (Lipinski definition) is 3. The number of rotatable bonds is 3. The van der Waals surface area contributed by atoms with Crippen LogP contribution in [-0.4, -0.2) is 87.4 Å². The van der Waals surface area contributed by atoms with E-state index in [-0.39, 0.29) is 12.0 Å². The summed E-state index contributed by atoms with van der Waals surface area (Å²) in [6.07, 6.45) is -0.949. The zero-order valence-corrected chi connectivity index (χ0v) is 23.3. The summed E-state index contributed by atoms with van der Waals surface area (Å²) >= 11 is 0. The molecule has 0 bridgehead atoms. The minimum Gasteiger partial charge on any atom is -0.475 e. The molecule has 0 atom stereocenters. The van der Waals surface area contributed by atoms with Crippen LogP contribution in [-0.2, 0) is 16.0 Å². The van der Waals surface area contributed by atoms with Crippen molar-refractivity contribution >= 4 is 23.8 Å². The molecule has 5 rings (SSSR count). The Morgan fingerprint density at radius 2 is 1.69 bits per heavy atom. The number of halogens is 3. The van der Waals surface area contributed by atoms with E-state index in [1.807, 2.05) is 57.3 Å². The lowest BCUT2D eigenvalue weighted by Crippen LogP contribution is -2.50. The zero-order chi connectivity index (χ0) is 30.7. The second-order valence-corrected chi connectivity index (χ2v) is 10.7. The standard InChI is InChI=1S/C26H30N6O3.C2HF3O2/c1-26(2,3)35-25(34)32-12-10-31(11-13-32)23-5-4-18(16-29-23)21-14-17(6-8-27-21)22-15-19-20(30-22)7-9-28-24(19)33;3-2(4,5)1(6)7/h4-6,8,14-16,30H,7,9-13H2,1-3H3,(H,28,33);(H,6,7). The first kappa shape index (κ1) is 30.3. The Kier molecular flexibility index (Phi) is 8.73. The van der Waals surface area contributed by atoms with Gasteiger partial charge in [0.05, 0.1) is 11.3 Å². The molecule has 0 unspecified atom stereocenters. The third-order valence-electron chi connectivity index (χ3n) is 6.42. The number of anilines is 1. The smallest absolute Gasteiger partial charge is 0.475 e. The van der Waals surface area contributed by atoms with Crippen LogP contribution in [0.2, 0.25) is 0 Å². The van der Waals surface area contributed by atoms with E-state index in [2.05, 4.69) is 25.2 Å². The molecule has 1 saturated heterocycles. The van der Waals surface area contributed by atoms with Crippen LogP contribution < -0.4 is 10.2 Å². The molecule has 14 heteroatoms. The maximum absolute atomic E-state index is 12.3. The third-order valence-corrected chi connectivity index (χ3v) is 6.42. The van der Waals surface area contributed by atoms with E-state index in [4.69, 9.17) is 14.6 Å². The number of carboxylic acid groups (broad SMARTS) is 1. The number of H-pyrrole nitrogens is 1. The molecule has 0 saturated carbocycles. The first-order chi connectivity index (χ1) is 19.7. The van der Waals surface area contributed by atoms with Crippen LogP contribution in [0.5, 0.6) is 0 Å². The highest BCUT2D eigenvalue weighted by Gasteiger charge is 2.38. The number of ether oxygens (including phenoxy) is 1. The Morgan fingerprint density at radius 1 is 1.00 bits per heavy atom. The number of fused-ring (bicyclic) bond motifs is 1. The summed E-state index contributed by atoms with van der Waals surface area (Å²) in [5, 5.41) is 10.0. The number of pyridine rings is 2. The van der Waals surface area contributed by atoms with Gasteiger partial charge in [-0.05, 0) is 51.1 Å². The SMILES string of the molecule is CC(C)(C)OC(=O)N1CCN(c2ccc(-c3cc(-c4cc5c([nH]4)CCNC5=O)ccn3)cn2)CC1.O=C(O)C(F)(F)F. The quantitative estimate of drug-likeness (QED) is 0.415. The summed E-state index contributed by atoms with van der Waals surface area (Å²) < 4.78 is 37.2. The average molecular weight is 589 g/mol. The van der Waals surface area contributed by atoms with Gasteiger partial charge in [0.2, 0.25) is 0 Å². The number of alkyl halides is 3. The summed E-state index contributed by atoms with van der Waals surface area (Å²) in [6.45, 7) is 8.87. The molecule has 1 fully saturated rings. The van der Waals surface area contributed by atoms with E-state index in [0.29, 0.717) is 38.3 Å². The van der Waals surface area contributed by atoms with Gasteiger partial charge >= 0.3 is 18.2 Å². The molecule has 0 aliphatic carbocycles. The molecule has 5 heterocycles. The summed E-state index contributed by atoms with van der Waals surface area (Å²) in [7, 11) is 0. The van der Waals surface area contributed by atoms with Gasteiger partial charge in [-0.15, -0.1) is 0 Å². The number of nitrogens with one attached hydrogen (secondary N) is 2. The van der Waals surface area contributed by atoms with Crippen LogP contribution in [0.1, 0.15) is 36.8 Å². The van der Waals surface area contributed by atoms with Crippen LogP contribution in [0.25, 0.3) is 22.5 Å². The van der Waals surface area contributed by atoms with Crippen molar-refractivity contribution in [2.75, 3.05) is 37.6 Å². The molecule has 11 nitrogen and oxygen atoms in total. The molecule has 0 spiro atoms. The first-order valence-corrected chi connectivity index (χ1v) is 13.2. The largest absolute Gasteiger partial charge is 0.490 e. The Bertz CT molecular complexity index is 1440. The molecule has 2 aliphatic rings. The van der Waals surface area contributed by atoms with E-state index in [1.165, 1.54) is 0 Å². The monoisotopic (exact) mass is 588 g/mol. The highest BCUT2D eigenvalue weighted by atomic mass is 19.4. The number of amides is 2. The van der Waals surface area contributed by atoms with Gasteiger partial charge in [-0.1, -0.05) is 0 Å². The van der Waals surface area contributed by atoms with Crippen LogP contribution in [0.4, 0.5) is 23.8 Å². The van der Waals surface area contributed by atoms with Gasteiger partial charge < -0.3 is 29.9 Å². The molecule has 2 amide bonds. The van der Waals surface area contributed by atoms with Crippen molar-refractivity contribution in [1.82, 2.24) is 25.2 Å². The topological polar surface area (TPSA) is 141 Å². The van der Waals surface area contributed by atoms with E-state index >= 15 is 0 Å². The van der Waals surface area contributed by atoms with E-state index in [0.717, 1.165) is 40.4 Å². The van der Waals surface area contributed by atoms with Crippen molar-refractivity contribution < 1.29 is 37.4 Å². The molecule has 3 N–H and O–H groups in total. The summed E-state index contributed by atoms with van der Waals surface area (Å²) in [5.41, 5.74) is 4.79. The highest BCUT2D eigenvalue weighted by Crippen LogP contribution is 2.28. The average Bonchev–Trinajstić information content (AvgIpc) is 3.38. The Labute approximate surface area is 239 Å². The lowest BCUT2D eigenvalue weighted by atomic mass is 10.1. The number of aromatic nitrogens is 3. The van der Waals surface area contributed by atoms with Gasteiger partial charge in [0, 0.05) is 74.1 Å². The van der Waals surface area contributed by atoms with Gasteiger partial charge in [0.25, 0.3) is 5.91 Å². The summed E-state index contributed by atoms with van der Waals surface area (Å²) in [5.74, 6) is -1.92. The number of nitrogens with zero attached hydrogens (tertiary/aromatic N) is 4. The van der Waals surface area contributed by atoms with Crippen LogP contribution in [0.15, 0.2) is 42.7 Å². The Balaban J connectivity index is 0.000000517. The minimum atomic E-state index is -5.08. The van der Waals surface area contributed by atoms with E-state index in [9.17, 15) is 22.8 Å². The van der Waals surface area contributed by atoms with Crippen LogP contribution >= 0.6 is 0 Å². The molecular formula is C28H31F3N6O5. The summed E-state index contributed by atoms with van der Waals surface area (Å²) in [6, 6.07) is 9.85. The minimum absolute atomic E-state index is 0.0326. The number of hydrogen-bond acceptors (Lipinski definition) is 7. The van der Waals surface area contributed by atoms with Gasteiger partial charge in [-0.25, -0.2) is 14.6 Å². The van der Waals surface area contributed by atoms with E-state index in [1.54, 1.807) is 11.1 Å². The van der Waals surface area contributed by atoms with Gasteiger partial charge in [0.1, 0.15) is 11.4 Å². The second-order valence-electron chi connectivity index (χ2n) is 10.7. The molecule has 224 valence electrons. The van der Waals surface area contributed by atoms with Gasteiger partial charge in [0.15, 0.2) is 0 Å². The predicted octanol–water partition coefficient (Wildman–Crippen LogP) is 4.12. The van der Waals surface area contributed by atoms with E-state index < -0.39 is 17.7 Å². The number of aromatic amines is 1. The first-order valence-electron chi connectivity index (χ1n) is 13.2. The Morgan fingerprint density at radius 3 is 2.26 bits per heavy atom. The molecule has 2 aliphatic heterocycles. The van der Waals surface area contributed by atoms with Crippen molar-refractivity contribution in [3.63, 3.8) is 0 Å². The maximum atomic E-state index is 12.3. The third kappa shape index (κ3) is 7.56. The van der Waals surface area contributed by atoms with Crippen molar-refractivity contribution in [1.29, 1.82) is 0 Å². The number of carbonyl (C=O) groups excluding carboxylic acids is 2. The van der Waals surface area contributed by atoms with Crippen molar-refractivity contribution in [2.45, 2.75) is 39.0 Å². The Hall–Kier alpha value is -4.62. The highest BCUT2D eigenvalue weighted by molar-refractivity contribution is 5.97. The number of aliphatic carboxylic acids is 1. The normalized spacial score (nSPS) is 15.2.